The van der Waals surface area contributed by atoms with Crippen molar-refractivity contribution in [3.8, 4) is 6.07 Å². The highest BCUT2D eigenvalue weighted by Gasteiger charge is 2.35. The number of aromatic nitrogens is 2. The number of aryl methyl sites for hydroxylation is 2. The molecule has 2 aromatic rings. The summed E-state index contributed by atoms with van der Waals surface area (Å²) in [7, 11) is 2.27. The molecule has 6 heteroatoms. The van der Waals surface area contributed by atoms with Crippen molar-refractivity contribution in [2.24, 2.45) is 0 Å². The number of likely N-dealkylation sites (N-methyl/N-ethyl adjacent to an activating group) is 1. The summed E-state index contributed by atoms with van der Waals surface area (Å²) in [6, 6.07) is 11.6. The van der Waals surface area contributed by atoms with Gasteiger partial charge in [-0.2, -0.15) is 10.2 Å². The van der Waals surface area contributed by atoms with E-state index in [0.29, 0.717) is 17.6 Å². The second-order valence-electron chi connectivity index (χ2n) is 8.70. The average Bonchev–Trinajstić information content (AvgIpc) is 3.49. The SMILES string of the molecule is CCCCc1cc(N2CCC(N(C)C3CC3)C2)nc(Nc2ccc(C)c(C#N)c2)n1. The van der Waals surface area contributed by atoms with Crippen LogP contribution in [0.2, 0.25) is 0 Å². The van der Waals surface area contributed by atoms with Crippen LogP contribution in [-0.2, 0) is 6.42 Å². The number of nitriles is 1. The monoisotopic (exact) mass is 404 g/mol. The Hall–Kier alpha value is -2.65. The van der Waals surface area contributed by atoms with Crippen molar-refractivity contribution >= 4 is 17.5 Å². The third-order valence-electron chi connectivity index (χ3n) is 6.35. The van der Waals surface area contributed by atoms with Crippen LogP contribution in [0.1, 0.15) is 55.8 Å². The van der Waals surface area contributed by atoms with E-state index in [1.807, 2.05) is 25.1 Å². The zero-order chi connectivity index (χ0) is 21.1. The van der Waals surface area contributed by atoms with Gasteiger partial charge in [-0.1, -0.05) is 19.4 Å². The van der Waals surface area contributed by atoms with E-state index in [2.05, 4.69) is 41.2 Å². The second-order valence-corrected chi connectivity index (χ2v) is 8.70. The maximum absolute atomic E-state index is 9.33. The molecule has 4 rings (SSSR count). The third-order valence-corrected chi connectivity index (χ3v) is 6.35. The van der Waals surface area contributed by atoms with E-state index in [4.69, 9.17) is 9.97 Å². The molecule has 0 bridgehead atoms. The molecule has 1 saturated heterocycles. The Bertz CT molecular complexity index is 930. The van der Waals surface area contributed by atoms with E-state index in [0.717, 1.165) is 61.2 Å². The molecule has 0 spiro atoms. The van der Waals surface area contributed by atoms with Crippen molar-refractivity contribution < 1.29 is 0 Å². The molecular formula is C24H32N6. The Kier molecular flexibility index (Phi) is 6.19. The zero-order valence-corrected chi connectivity index (χ0v) is 18.4. The molecular weight excluding hydrogens is 372 g/mol. The Morgan fingerprint density at radius 2 is 2.03 bits per heavy atom. The first kappa shape index (κ1) is 20.6. The molecule has 1 atom stereocenters. The molecule has 2 fully saturated rings. The molecule has 0 radical (unpaired) electrons. The van der Waals surface area contributed by atoms with Crippen LogP contribution < -0.4 is 10.2 Å². The second kappa shape index (κ2) is 9.01. The smallest absolute Gasteiger partial charge is 0.229 e. The molecule has 2 aliphatic rings. The minimum atomic E-state index is 0.609. The summed E-state index contributed by atoms with van der Waals surface area (Å²) in [5, 5.41) is 12.7. The van der Waals surface area contributed by atoms with Gasteiger partial charge >= 0.3 is 0 Å². The Balaban J connectivity index is 1.55. The van der Waals surface area contributed by atoms with Gasteiger partial charge in [-0.05, 0) is 63.8 Å². The minimum absolute atomic E-state index is 0.609. The van der Waals surface area contributed by atoms with Crippen molar-refractivity contribution in [3.05, 3.63) is 41.1 Å². The zero-order valence-electron chi connectivity index (χ0n) is 18.4. The van der Waals surface area contributed by atoms with Crippen LogP contribution in [0, 0.1) is 18.3 Å². The van der Waals surface area contributed by atoms with Gasteiger partial charge in [0.25, 0.3) is 0 Å². The van der Waals surface area contributed by atoms with Crippen LogP contribution in [-0.4, -0.2) is 47.1 Å². The van der Waals surface area contributed by atoms with Crippen molar-refractivity contribution in [2.45, 2.75) is 64.5 Å². The largest absolute Gasteiger partial charge is 0.355 e. The first-order valence-electron chi connectivity index (χ1n) is 11.2. The van der Waals surface area contributed by atoms with Crippen LogP contribution >= 0.6 is 0 Å². The molecule has 0 amide bonds. The lowest BCUT2D eigenvalue weighted by atomic mass is 10.1. The number of anilines is 3. The Morgan fingerprint density at radius 1 is 1.20 bits per heavy atom. The van der Waals surface area contributed by atoms with Gasteiger partial charge < -0.3 is 10.2 Å². The van der Waals surface area contributed by atoms with E-state index in [1.54, 1.807) is 0 Å². The third kappa shape index (κ3) is 4.73. The Morgan fingerprint density at radius 3 is 2.77 bits per heavy atom. The quantitative estimate of drug-likeness (QED) is 0.703. The van der Waals surface area contributed by atoms with Crippen LogP contribution in [0.25, 0.3) is 0 Å². The molecule has 1 saturated carbocycles. The number of hydrogen-bond acceptors (Lipinski definition) is 6. The van der Waals surface area contributed by atoms with Gasteiger partial charge in [0, 0.05) is 42.6 Å². The molecule has 1 aliphatic carbocycles. The Labute approximate surface area is 179 Å². The van der Waals surface area contributed by atoms with Gasteiger partial charge in [-0.25, -0.2) is 4.98 Å². The highest BCUT2D eigenvalue weighted by molar-refractivity contribution is 5.59. The van der Waals surface area contributed by atoms with E-state index in [-0.39, 0.29) is 0 Å². The summed E-state index contributed by atoms with van der Waals surface area (Å²) in [4.78, 5) is 14.6. The molecule has 6 nitrogen and oxygen atoms in total. The van der Waals surface area contributed by atoms with E-state index >= 15 is 0 Å². The molecule has 1 aromatic heterocycles. The molecule has 158 valence electrons. The van der Waals surface area contributed by atoms with Gasteiger partial charge in [0.2, 0.25) is 5.95 Å². The fraction of sp³-hybridized carbons (Fsp3) is 0.542. The minimum Gasteiger partial charge on any atom is -0.355 e. The summed E-state index contributed by atoms with van der Waals surface area (Å²) >= 11 is 0. The summed E-state index contributed by atoms with van der Waals surface area (Å²) in [5.41, 5.74) is 3.58. The molecule has 1 aromatic carbocycles. The van der Waals surface area contributed by atoms with Gasteiger partial charge in [0.1, 0.15) is 5.82 Å². The molecule has 1 N–H and O–H groups in total. The summed E-state index contributed by atoms with van der Waals surface area (Å²) in [5.74, 6) is 1.63. The molecule has 1 aliphatic heterocycles. The molecule has 2 heterocycles. The van der Waals surface area contributed by atoms with Gasteiger partial charge in [-0.3, -0.25) is 4.90 Å². The predicted molar refractivity (Wildman–Crippen MR) is 121 cm³/mol. The number of hydrogen-bond donors (Lipinski definition) is 1. The topological polar surface area (TPSA) is 68.1 Å². The predicted octanol–water partition coefficient (Wildman–Crippen LogP) is 4.42. The normalized spacial score (nSPS) is 18.6. The van der Waals surface area contributed by atoms with Gasteiger partial charge in [0.05, 0.1) is 11.6 Å². The highest BCUT2D eigenvalue weighted by atomic mass is 15.3. The first-order valence-corrected chi connectivity index (χ1v) is 11.2. The van der Waals surface area contributed by atoms with Crippen LogP contribution in [0.4, 0.5) is 17.5 Å². The van der Waals surface area contributed by atoms with Crippen molar-refractivity contribution in [1.29, 1.82) is 5.26 Å². The average molecular weight is 405 g/mol. The molecule has 30 heavy (non-hydrogen) atoms. The van der Waals surface area contributed by atoms with Crippen molar-refractivity contribution in [2.75, 3.05) is 30.4 Å². The standard InChI is InChI=1S/C24H32N6/c1-4-5-6-19-14-23(30-12-11-22(16-30)29(3)21-9-10-21)28-24(26-19)27-20-8-7-17(2)18(13-20)15-25/h7-8,13-14,21-22H,4-6,9-12,16H2,1-3H3,(H,26,27,28). The van der Waals surface area contributed by atoms with Crippen LogP contribution in [0.3, 0.4) is 0 Å². The van der Waals surface area contributed by atoms with Gasteiger partial charge in [-0.15, -0.1) is 0 Å². The lowest BCUT2D eigenvalue weighted by Gasteiger charge is -2.25. The summed E-state index contributed by atoms with van der Waals surface area (Å²) < 4.78 is 0. The number of benzene rings is 1. The van der Waals surface area contributed by atoms with E-state index < -0.39 is 0 Å². The van der Waals surface area contributed by atoms with E-state index in [9.17, 15) is 5.26 Å². The molecule has 1 unspecified atom stereocenters. The van der Waals surface area contributed by atoms with Crippen LogP contribution in [0.15, 0.2) is 24.3 Å². The summed E-state index contributed by atoms with van der Waals surface area (Å²) in [6.45, 7) is 6.22. The fourth-order valence-electron chi connectivity index (χ4n) is 4.20. The highest BCUT2D eigenvalue weighted by Crippen LogP contribution is 2.31. The maximum atomic E-state index is 9.33. The first-order chi connectivity index (χ1) is 14.6. The lowest BCUT2D eigenvalue weighted by Crippen LogP contribution is -2.36. The number of nitrogens with zero attached hydrogens (tertiary/aromatic N) is 5. The number of nitrogens with one attached hydrogen (secondary N) is 1. The van der Waals surface area contributed by atoms with Crippen molar-refractivity contribution in [3.63, 3.8) is 0 Å². The number of rotatable bonds is 8. The lowest BCUT2D eigenvalue weighted by molar-refractivity contribution is 0.249. The van der Waals surface area contributed by atoms with Gasteiger partial charge in [0.15, 0.2) is 0 Å². The van der Waals surface area contributed by atoms with E-state index in [1.165, 1.54) is 19.3 Å². The number of unbranched alkanes of at least 4 members (excludes halogenated alkanes) is 1. The maximum Gasteiger partial charge on any atom is 0.229 e. The fourth-order valence-corrected chi connectivity index (χ4v) is 4.20. The van der Waals surface area contributed by atoms with Crippen molar-refractivity contribution in [1.82, 2.24) is 14.9 Å². The van der Waals surface area contributed by atoms with Crippen LogP contribution in [0.5, 0.6) is 0 Å². The summed E-state index contributed by atoms with van der Waals surface area (Å²) in [6.07, 6.45) is 7.09.